The third-order valence-corrected chi connectivity index (χ3v) is 5.61. The number of nitrogens with one attached hydrogen (secondary N) is 1. The number of hydrogen-bond donors (Lipinski definition) is 1. The van der Waals surface area contributed by atoms with Gasteiger partial charge in [0.1, 0.15) is 5.82 Å². The highest BCUT2D eigenvalue weighted by molar-refractivity contribution is 5.42. The smallest absolute Gasteiger partial charge is 0.227 e. The van der Waals surface area contributed by atoms with Crippen LogP contribution in [0.1, 0.15) is 44.1 Å². The van der Waals surface area contributed by atoms with E-state index in [9.17, 15) is 0 Å². The van der Waals surface area contributed by atoms with E-state index >= 15 is 0 Å². The van der Waals surface area contributed by atoms with Crippen LogP contribution in [0.4, 0.5) is 11.8 Å². The number of benzene rings is 1. The Morgan fingerprint density at radius 2 is 1.72 bits per heavy atom. The summed E-state index contributed by atoms with van der Waals surface area (Å²) in [5.74, 6) is 2.66. The van der Waals surface area contributed by atoms with Gasteiger partial charge in [0, 0.05) is 25.3 Å². The van der Waals surface area contributed by atoms with E-state index in [0.717, 1.165) is 30.8 Å². The first kappa shape index (κ1) is 16.4. The van der Waals surface area contributed by atoms with Crippen LogP contribution in [0.2, 0.25) is 0 Å². The molecule has 132 valence electrons. The molecular weight excluding hydrogens is 308 g/mol. The van der Waals surface area contributed by atoms with Gasteiger partial charge in [-0.2, -0.15) is 4.98 Å². The fourth-order valence-corrected chi connectivity index (χ4v) is 4.14. The zero-order chi connectivity index (χ0) is 16.9. The van der Waals surface area contributed by atoms with E-state index in [4.69, 9.17) is 4.98 Å². The molecule has 25 heavy (non-hydrogen) atoms. The molecular formula is C21H28N4. The van der Waals surface area contributed by atoms with Crippen molar-refractivity contribution in [1.82, 2.24) is 9.97 Å². The average molecular weight is 336 g/mol. The second kappa shape index (κ2) is 7.85. The molecule has 1 aliphatic heterocycles. The summed E-state index contributed by atoms with van der Waals surface area (Å²) < 4.78 is 0. The zero-order valence-electron chi connectivity index (χ0n) is 14.9. The van der Waals surface area contributed by atoms with E-state index in [1.165, 1.54) is 50.5 Å². The lowest BCUT2D eigenvalue weighted by atomic mass is 9.90. The lowest BCUT2D eigenvalue weighted by molar-refractivity contribution is 0.400. The van der Waals surface area contributed by atoms with E-state index < -0.39 is 0 Å². The lowest BCUT2D eigenvalue weighted by Gasteiger charge is -2.32. The monoisotopic (exact) mass is 336 g/mol. The van der Waals surface area contributed by atoms with Gasteiger partial charge < -0.3 is 10.2 Å². The predicted molar refractivity (Wildman–Crippen MR) is 103 cm³/mol. The summed E-state index contributed by atoms with van der Waals surface area (Å²) in [6.07, 6.45) is 10.7. The Balaban J connectivity index is 1.32. The molecule has 4 heteroatoms. The second-order valence-electron chi connectivity index (χ2n) is 7.49. The fraction of sp³-hybridized carbons (Fsp3) is 0.524. The lowest BCUT2D eigenvalue weighted by Crippen LogP contribution is -2.35. The number of anilines is 2. The predicted octanol–water partition coefficient (Wildman–Crippen LogP) is 4.29. The highest BCUT2D eigenvalue weighted by Crippen LogP contribution is 2.25. The molecule has 1 aromatic carbocycles. The molecule has 1 aromatic heterocycles. The van der Waals surface area contributed by atoms with Crippen molar-refractivity contribution in [3.63, 3.8) is 0 Å². The summed E-state index contributed by atoms with van der Waals surface area (Å²) in [4.78, 5) is 11.6. The van der Waals surface area contributed by atoms with Crippen molar-refractivity contribution in [2.24, 2.45) is 5.92 Å². The van der Waals surface area contributed by atoms with E-state index in [2.05, 4.69) is 45.5 Å². The number of aromatic nitrogens is 2. The van der Waals surface area contributed by atoms with Crippen LogP contribution < -0.4 is 10.2 Å². The number of nitrogens with zero attached hydrogens (tertiary/aromatic N) is 3. The van der Waals surface area contributed by atoms with E-state index in [1.54, 1.807) is 0 Å². The van der Waals surface area contributed by atoms with Crippen molar-refractivity contribution < 1.29 is 0 Å². The first-order valence-electron chi connectivity index (χ1n) is 9.75. The minimum atomic E-state index is 0.597. The zero-order valence-corrected chi connectivity index (χ0v) is 14.9. The van der Waals surface area contributed by atoms with Crippen LogP contribution in [0, 0.1) is 5.92 Å². The Kier molecular flexibility index (Phi) is 5.14. The maximum atomic E-state index is 4.77. The Hall–Kier alpha value is -2.10. The summed E-state index contributed by atoms with van der Waals surface area (Å²) in [5.41, 5.74) is 1.46. The first-order chi connectivity index (χ1) is 12.4. The molecule has 2 fully saturated rings. The summed E-state index contributed by atoms with van der Waals surface area (Å²) in [5, 5.41) is 3.58. The third-order valence-electron chi connectivity index (χ3n) is 5.61. The van der Waals surface area contributed by atoms with Crippen LogP contribution in [0.5, 0.6) is 0 Å². The van der Waals surface area contributed by atoms with Gasteiger partial charge in [-0.1, -0.05) is 43.2 Å². The number of rotatable bonds is 5. The third kappa shape index (κ3) is 4.30. The van der Waals surface area contributed by atoms with Crippen LogP contribution in [0.3, 0.4) is 0 Å². The van der Waals surface area contributed by atoms with Crippen LogP contribution in [-0.4, -0.2) is 29.1 Å². The Morgan fingerprint density at radius 1 is 0.960 bits per heavy atom. The summed E-state index contributed by atoms with van der Waals surface area (Å²) in [6, 6.07) is 13.5. The Labute approximate surface area is 150 Å². The standard InChI is InChI=1S/C21H28N4/c1-2-6-17(7-3-1)16-18-11-14-25(15-12-18)21-22-13-10-20(24-21)23-19-8-4-5-9-19/h1-3,6-7,10,13,18-19H,4-5,8-9,11-12,14-16H2,(H,22,23,24). The molecule has 1 saturated heterocycles. The van der Waals surface area contributed by atoms with Crippen LogP contribution in [0.25, 0.3) is 0 Å². The van der Waals surface area contributed by atoms with Gasteiger partial charge in [-0.3, -0.25) is 0 Å². The molecule has 1 N–H and O–H groups in total. The van der Waals surface area contributed by atoms with Gasteiger partial charge in [0.25, 0.3) is 0 Å². The molecule has 0 amide bonds. The van der Waals surface area contributed by atoms with Crippen molar-refractivity contribution in [3.8, 4) is 0 Å². The Bertz CT molecular complexity index is 659. The molecule has 4 rings (SSSR count). The highest BCUT2D eigenvalue weighted by atomic mass is 15.3. The van der Waals surface area contributed by atoms with Gasteiger partial charge >= 0.3 is 0 Å². The molecule has 0 bridgehead atoms. The molecule has 2 aliphatic rings. The SMILES string of the molecule is c1ccc(CC2CCN(c3nccc(NC4CCCC4)n3)CC2)cc1. The molecule has 0 spiro atoms. The molecule has 2 heterocycles. The number of piperidine rings is 1. The minimum Gasteiger partial charge on any atom is -0.367 e. The van der Waals surface area contributed by atoms with Crippen molar-refractivity contribution in [1.29, 1.82) is 0 Å². The fourth-order valence-electron chi connectivity index (χ4n) is 4.14. The summed E-state index contributed by atoms with van der Waals surface area (Å²) in [7, 11) is 0. The topological polar surface area (TPSA) is 41.1 Å². The molecule has 1 saturated carbocycles. The number of hydrogen-bond acceptors (Lipinski definition) is 4. The molecule has 0 radical (unpaired) electrons. The van der Waals surface area contributed by atoms with Crippen molar-refractivity contribution in [2.75, 3.05) is 23.3 Å². The van der Waals surface area contributed by atoms with Crippen LogP contribution in [0.15, 0.2) is 42.6 Å². The van der Waals surface area contributed by atoms with E-state index in [-0.39, 0.29) is 0 Å². The molecule has 0 atom stereocenters. The Morgan fingerprint density at radius 3 is 2.48 bits per heavy atom. The van der Waals surface area contributed by atoms with E-state index in [1.807, 2.05) is 12.3 Å². The normalized spacial score (nSPS) is 19.3. The minimum absolute atomic E-state index is 0.597. The van der Waals surface area contributed by atoms with Crippen LogP contribution >= 0.6 is 0 Å². The van der Waals surface area contributed by atoms with Gasteiger partial charge in [0.2, 0.25) is 5.95 Å². The maximum Gasteiger partial charge on any atom is 0.227 e. The quantitative estimate of drug-likeness (QED) is 0.884. The average Bonchev–Trinajstić information content (AvgIpc) is 3.16. The largest absolute Gasteiger partial charge is 0.367 e. The second-order valence-corrected chi connectivity index (χ2v) is 7.49. The summed E-state index contributed by atoms with van der Waals surface area (Å²) >= 11 is 0. The van der Waals surface area contributed by atoms with Crippen molar-refractivity contribution in [3.05, 3.63) is 48.2 Å². The van der Waals surface area contributed by atoms with Crippen molar-refractivity contribution >= 4 is 11.8 Å². The summed E-state index contributed by atoms with van der Waals surface area (Å²) in [6.45, 7) is 2.12. The van der Waals surface area contributed by atoms with E-state index in [0.29, 0.717) is 6.04 Å². The maximum absolute atomic E-state index is 4.77. The molecule has 4 nitrogen and oxygen atoms in total. The van der Waals surface area contributed by atoms with Gasteiger partial charge in [-0.15, -0.1) is 0 Å². The molecule has 2 aromatic rings. The van der Waals surface area contributed by atoms with Crippen molar-refractivity contribution in [2.45, 2.75) is 51.0 Å². The van der Waals surface area contributed by atoms with Crippen LogP contribution in [-0.2, 0) is 6.42 Å². The first-order valence-corrected chi connectivity index (χ1v) is 9.75. The van der Waals surface area contributed by atoms with Gasteiger partial charge in [0.05, 0.1) is 0 Å². The van der Waals surface area contributed by atoms with Gasteiger partial charge in [0.15, 0.2) is 0 Å². The highest BCUT2D eigenvalue weighted by Gasteiger charge is 2.22. The van der Waals surface area contributed by atoms with Gasteiger partial charge in [-0.05, 0) is 49.7 Å². The van der Waals surface area contributed by atoms with Gasteiger partial charge in [-0.25, -0.2) is 4.98 Å². The molecule has 1 aliphatic carbocycles. The molecule has 0 unspecified atom stereocenters.